The molecule has 3 rings (SSSR count). The van der Waals surface area contributed by atoms with Gasteiger partial charge in [-0.1, -0.05) is 6.07 Å². The highest BCUT2D eigenvalue weighted by atomic mass is 16.5. The van der Waals surface area contributed by atoms with E-state index in [1.165, 1.54) is 6.20 Å². The van der Waals surface area contributed by atoms with Crippen molar-refractivity contribution in [1.82, 2.24) is 9.97 Å². The first kappa shape index (κ1) is 14.6. The van der Waals surface area contributed by atoms with E-state index in [1.54, 1.807) is 32.4 Å². The number of ether oxygens (including phenoxy) is 2. The molecule has 1 N–H and O–H groups in total. The highest BCUT2D eigenvalue weighted by molar-refractivity contribution is 5.95. The Morgan fingerprint density at radius 3 is 2.35 bits per heavy atom. The number of nitrogens with zero attached hydrogens (tertiary/aromatic N) is 3. The number of aromatic hydroxyl groups is 1. The van der Waals surface area contributed by atoms with Crippen LogP contribution >= 0.6 is 0 Å². The van der Waals surface area contributed by atoms with Crippen LogP contribution in [0.25, 0.3) is 22.2 Å². The van der Waals surface area contributed by atoms with Gasteiger partial charge in [0.05, 0.1) is 26.0 Å². The predicted molar refractivity (Wildman–Crippen MR) is 84.5 cm³/mol. The number of hydrogen-bond donors (Lipinski definition) is 1. The monoisotopic (exact) mass is 307 g/mol. The number of aromatic nitrogens is 2. The maximum Gasteiger partial charge on any atom is 0.230 e. The summed E-state index contributed by atoms with van der Waals surface area (Å²) in [6, 6.07) is 10.9. The van der Waals surface area contributed by atoms with Gasteiger partial charge < -0.3 is 14.6 Å². The standard InChI is InChI=1S/C17H13N3O3/c1-22-12-5-11(6-13(7-12)23-2)14-4-3-10(8-18)16-17(14)20-15(21)9-19-16/h3-7,9H,1-2H3,(H,20,21). The van der Waals surface area contributed by atoms with Gasteiger partial charge in [0, 0.05) is 11.6 Å². The minimum Gasteiger partial charge on any atom is -0.497 e. The fourth-order valence-electron chi connectivity index (χ4n) is 2.38. The topological polar surface area (TPSA) is 88.3 Å². The highest BCUT2D eigenvalue weighted by Gasteiger charge is 2.13. The molecule has 2 aromatic carbocycles. The van der Waals surface area contributed by atoms with Gasteiger partial charge in [-0.15, -0.1) is 0 Å². The molecule has 0 aliphatic carbocycles. The zero-order valence-corrected chi connectivity index (χ0v) is 12.6. The quantitative estimate of drug-likeness (QED) is 0.800. The third-order valence-electron chi connectivity index (χ3n) is 3.47. The molecule has 0 aliphatic heterocycles. The maximum absolute atomic E-state index is 9.66. The highest BCUT2D eigenvalue weighted by Crippen LogP contribution is 2.34. The lowest BCUT2D eigenvalue weighted by atomic mass is 10.0. The van der Waals surface area contributed by atoms with Crippen molar-refractivity contribution in [1.29, 1.82) is 5.26 Å². The van der Waals surface area contributed by atoms with E-state index in [4.69, 9.17) is 9.47 Å². The van der Waals surface area contributed by atoms with Crippen LogP contribution in [0.15, 0.2) is 36.5 Å². The molecule has 0 bridgehead atoms. The zero-order chi connectivity index (χ0) is 16.4. The van der Waals surface area contributed by atoms with Crippen molar-refractivity contribution in [3.8, 4) is 34.6 Å². The van der Waals surface area contributed by atoms with E-state index < -0.39 is 0 Å². The maximum atomic E-state index is 9.66. The third-order valence-corrected chi connectivity index (χ3v) is 3.47. The first-order chi connectivity index (χ1) is 11.2. The molecular formula is C17H13N3O3. The van der Waals surface area contributed by atoms with Crippen LogP contribution in [-0.4, -0.2) is 29.3 Å². The number of hydrogen-bond acceptors (Lipinski definition) is 6. The van der Waals surface area contributed by atoms with Gasteiger partial charge in [0.25, 0.3) is 0 Å². The zero-order valence-electron chi connectivity index (χ0n) is 12.6. The average molecular weight is 307 g/mol. The summed E-state index contributed by atoms with van der Waals surface area (Å²) in [6.45, 7) is 0. The van der Waals surface area contributed by atoms with Crippen LogP contribution in [0.3, 0.4) is 0 Å². The van der Waals surface area contributed by atoms with E-state index >= 15 is 0 Å². The SMILES string of the molecule is COc1cc(OC)cc(-c2ccc(C#N)c3ncc(O)nc23)c1. The van der Waals surface area contributed by atoms with Gasteiger partial charge in [-0.3, -0.25) is 0 Å². The van der Waals surface area contributed by atoms with E-state index in [2.05, 4.69) is 16.0 Å². The van der Waals surface area contributed by atoms with Crippen molar-refractivity contribution in [2.24, 2.45) is 0 Å². The van der Waals surface area contributed by atoms with Gasteiger partial charge in [0.15, 0.2) is 0 Å². The lowest BCUT2D eigenvalue weighted by Gasteiger charge is -2.11. The molecule has 0 saturated heterocycles. The summed E-state index contributed by atoms with van der Waals surface area (Å²) in [4.78, 5) is 8.26. The van der Waals surface area contributed by atoms with Crippen LogP contribution in [0, 0.1) is 11.3 Å². The Kier molecular flexibility index (Phi) is 3.69. The van der Waals surface area contributed by atoms with E-state index in [-0.39, 0.29) is 5.88 Å². The third kappa shape index (κ3) is 2.60. The number of benzene rings is 2. The Bertz CT molecular complexity index is 910. The molecule has 6 nitrogen and oxygen atoms in total. The van der Waals surface area contributed by atoms with Crippen molar-refractivity contribution in [2.45, 2.75) is 0 Å². The van der Waals surface area contributed by atoms with Crippen LogP contribution < -0.4 is 9.47 Å². The average Bonchev–Trinajstić information content (AvgIpc) is 2.59. The van der Waals surface area contributed by atoms with Crippen molar-refractivity contribution >= 4 is 11.0 Å². The Labute approximate surface area is 132 Å². The van der Waals surface area contributed by atoms with Gasteiger partial charge in [-0.25, -0.2) is 9.97 Å². The van der Waals surface area contributed by atoms with Gasteiger partial charge in [0.1, 0.15) is 28.6 Å². The molecule has 0 saturated carbocycles. The summed E-state index contributed by atoms with van der Waals surface area (Å²) in [6.07, 6.45) is 1.22. The predicted octanol–water partition coefficient (Wildman–Crippen LogP) is 2.89. The van der Waals surface area contributed by atoms with Crippen LogP contribution in [0.5, 0.6) is 17.4 Å². The van der Waals surface area contributed by atoms with Crippen molar-refractivity contribution in [3.63, 3.8) is 0 Å². The van der Waals surface area contributed by atoms with Crippen molar-refractivity contribution in [2.75, 3.05) is 14.2 Å². The molecule has 6 heteroatoms. The van der Waals surface area contributed by atoms with E-state index in [9.17, 15) is 10.4 Å². The van der Waals surface area contributed by atoms with Crippen LogP contribution in [-0.2, 0) is 0 Å². The van der Waals surface area contributed by atoms with Crippen LogP contribution in [0.1, 0.15) is 5.56 Å². The molecule has 0 amide bonds. The molecule has 0 fully saturated rings. The molecule has 0 aliphatic rings. The second-order valence-corrected chi connectivity index (χ2v) is 4.80. The van der Waals surface area contributed by atoms with Gasteiger partial charge in [-0.05, 0) is 23.8 Å². The molecule has 0 spiro atoms. The van der Waals surface area contributed by atoms with Crippen molar-refractivity contribution in [3.05, 3.63) is 42.1 Å². The Hall–Kier alpha value is -3.33. The minimum atomic E-state index is -0.205. The summed E-state index contributed by atoms with van der Waals surface area (Å²) in [5.74, 6) is 1.05. The van der Waals surface area contributed by atoms with E-state index in [1.807, 2.05) is 12.1 Å². The van der Waals surface area contributed by atoms with Crippen LogP contribution in [0.4, 0.5) is 0 Å². The number of rotatable bonds is 3. The normalized spacial score (nSPS) is 10.3. The number of fused-ring (bicyclic) bond motifs is 1. The first-order valence-corrected chi connectivity index (χ1v) is 6.78. The first-order valence-electron chi connectivity index (χ1n) is 6.78. The lowest BCUT2D eigenvalue weighted by Crippen LogP contribution is -1.93. The molecule has 1 aromatic heterocycles. The molecule has 3 aromatic rings. The number of methoxy groups -OCH3 is 2. The smallest absolute Gasteiger partial charge is 0.230 e. The second-order valence-electron chi connectivity index (χ2n) is 4.80. The fraction of sp³-hybridized carbons (Fsp3) is 0.118. The summed E-state index contributed by atoms with van der Waals surface area (Å²) >= 11 is 0. The van der Waals surface area contributed by atoms with E-state index in [0.717, 1.165) is 11.1 Å². The molecule has 0 unspecified atom stereocenters. The Morgan fingerprint density at radius 2 is 1.74 bits per heavy atom. The van der Waals surface area contributed by atoms with Gasteiger partial charge in [0.2, 0.25) is 5.88 Å². The minimum absolute atomic E-state index is 0.205. The fourth-order valence-corrected chi connectivity index (χ4v) is 2.38. The second kappa shape index (κ2) is 5.81. The molecule has 23 heavy (non-hydrogen) atoms. The van der Waals surface area contributed by atoms with Crippen LogP contribution in [0.2, 0.25) is 0 Å². The van der Waals surface area contributed by atoms with Crippen molar-refractivity contribution < 1.29 is 14.6 Å². The molecule has 114 valence electrons. The molecule has 0 atom stereocenters. The summed E-state index contributed by atoms with van der Waals surface area (Å²) in [5, 5.41) is 18.9. The van der Waals surface area contributed by atoms with Gasteiger partial charge >= 0.3 is 0 Å². The van der Waals surface area contributed by atoms with E-state index in [0.29, 0.717) is 28.1 Å². The summed E-state index contributed by atoms with van der Waals surface area (Å²) < 4.78 is 10.6. The molecular weight excluding hydrogens is 294 g/mol. The van der Waals surface area contributed by atoms with Gasteiger partial charge in [-0.2, -0.15) is 5.26 Å². The Morgan fingerprint density at radius 1 is 1.04 bits per heavy atom. The number of nitriles is 1. The largest absolute Gasteiger partial charge is 0.497 e. The molecule has 0 radical (unpaired) electrons. The lowest BCUT2D eigenvalue weighted by molar-refractivity contribution is 0.394. The molecule has 1 heterocycles. The summed E-state index contributed by atoms with van der Waals surface area (Å²) in [5.41, 5.74) is 2.78. The summed E-state index contributed by atoms with van der Waals surface area (Å²) in [7, 11) is 3.14. The Balaban J connectivity index is 2.33.